The van der Waals surface area contributed by atoms with Crippen molar-refractivity contribution < 1.29 is 18.7 Å². The number of nitrogens with zero attached hydrogens (tertiary/aromatic N) is 4. The second-order valence-electron chi connectivity index (χ2n) is 5.89. The maximum atomic E-state index is 12.2. The Morgan fingerprint density at radius 1 is 0.833 bits per heavy atom. The summed E-state index contributed by atoms with van der Waals surface area (Å²) in [5.41, 5.74) is 5.14. The molecule has 2 N–H and O–H groups in total. The van der Waals surface area contributed by atoms with Crippen LogP contribution in [0.15, 0.2) is 71.3 Å². The summed E-state index contributed by atoms with van der Waals surface area (Å²) in [6.07, 6.45) is 1.24. The van der Waals surface area contributed by atoms with E-state index in [1.807, 2.05) is 36.4 Å². The summed E-state index contributed by atoms with van der Waals surface area (Å²) in [5, 5.41) is 0. The van der Waals surface area contributed by atoms with Crippen LogP contribution >= 0.6 is 0 Å². The van der Waals surface area contributed by atoms with Crippen molar-refractivity contribution in [2.45, 2.75) is 6.92 Å². The van der Waals surface area contributed by atoms with Gasteiger partial charge in [0.15, 0.2) is 11.6 Å². The molecule has 0 atom stereocenters. The average molecular weight is 404 g/mol. The molecule has 0 unspecified atom stereocenters. The molecular weight excluding hydrogens is 388 g/mol. The van der Waals surface area contributed by atoms with Gasteiger partial charge in [0, 0.05) is 6.92 Å². The Labute approximate surface area is 170 Å². The highest BCUT2D eigenvalue weighted by molar-refractivity contribution is 5.92. The second-order valence-corrected chi connectivity index (χ2v) is 5.89. The molecule has 0 saturated heterocycles. The quantitative estimate of drug-likeness (QED) is 0.445. The van der Waals surface area contributed by atoms with Crippen molar-refractivity contribution in [2.75, 3.05) is 5.43 Å². The van der Waals surface area contributed by atoms with Crippen LogP contribution in [0.3, 0.4) is 0 Å². The summed E-state index contributed by atoms with van der Waals surface area (Å²) >= 11 is 0. The first-order valence-corrected chi connectivity index (χ1v) is 8.86. The molecule has 1 amide bonds. The van der Waals surface area contributed by atoms with E-state index in [9.17, 15) is 4.79 Å². The van der Waals surface area contributed by atoms with Gasteiger partial charge in [-0.05, 0) is 24.3 Å². The topological polar surface area (TPSA) is 124 Å². The van der Waals surface area contributed by atoms with Crippen LogP contribution in [0.25, 0.3) is 0 Å². The fourth-order valence-corrected chi connectivity index (χ4v) is 2.32. The molecular formula is C20H16N6O4. The number of nitrogens with one attached hydrogen (secondary N) is 2. The van der Waals surface area contributed by atoms with E-state index in [4.69, 9.17) is 13.9 Å². The van der Waals surface area contributed by atoms with Crippen LogP contribution in [0.5, 0.6) is 23.5 Å². The second kappa shape index (κ2) is 8.69. The summed E-state index contributed by atoms with van der Waals surface area (Å²) in [4.78, 5) is 28.6. The van der Waals surface area contributed by atoms with Crippen LogP contribution < -0.4 is 20.3 Å². The zero-order chi connectivity index (χ0) is 20.8. The number of carbonyl (C=O) groups is 1. The number of benzene rings is 2. The molecule has 0 fully saturated rings. The van der Waals surface area contributed by atoms with Gasteiger partial charge in [-0.3, -0.25) is 15.6 Å². The van der Waals surface area contributed by atoms with Crippen molar-refractivity contribution in [1.82, 2.24) is 25.4 Å². The molecule has 0 aliphatic rings. The highest BCUT2D eigenvalue weighted by atomic mass is 16.5. The first kappa shape index (κ1) is 18.9. The van der Waals surface area contributed by atoms with Gasteiger partial charge in [0.1, 0.15) is 17.8 Å². The minimum atomic E-state index is -0.525. The average Bonchev–Trinajstić information content (AvgIpc) is 3.20. The first-order valence-electron chi connectivity index (χ1n) is 8.86. The molecule has 4 rings (SSSR count). The van der Waals surface area contributed by atoms with Crippen molar-refractivity contribution in [2.24, 2.45) is 0 Å². The zero-order valence-electron chi connectivity index (χ0n) is 15.8. The van der Waals surface area contributed by atoms with Crippen LogP contribution in [0, 0.1) is 6.92 Å². The third-order valence-electron chi connectivity index (χ3n) is 3.64. The van der Waals surface area contributed by atoms with E-state index >= 15 is 0 Å². The number of aromatic nitrogens is 4. The standard InChI is InChI=1S/C20H16N6O4/c1-13-21-16(12-28-13)17(27)25-26-18-22-19(29-14-8-4-2-5-9-14)24-20(23-18)30-15-10-6-3-7-11-15/h2-12H,1H3,(H,25,27)(H,22,23,24,26). The Kier molecular flexibility index (Phi) is 5.47. The number of aryl methyl sites for hydroxylation is 1. The Hall–Kier alpha value is -4.47. The highest BCUT2D eigenvalue weighted by Gasteiger charge is 2.14. The number of ether oxygens (including phenoxy) is 2. The van der Waals surface area contributed by atoms with Crippen molar-refractivity contribution in [1.29, 1.82) is 0 Å². The summed E-state index contributed by atoms with van der Waals surface area (Å²) < 4.78 is 16.4. The molecule has 4 aromatic rings. The van der Waals surface area contributed by atoms with Gasteiger partial charge in [-0.15, -0.1) is 4.98 Å². The monoisotopic (exact) mass is 404 g/mol. The fraction of sp³-hybridized carbons (Fsp3) is 0.0500. The van der Waals surface area contributed by atoms with Gasteiger partial charge in [0.05, 0.1) is 0 Å². The lowest BCUT2D eigenvalue weighted by molar-refractivity contribution is 0.0957. The maximum Gasteiger partial charge on any atom is 0.330 e. The third-order valence-corrected chi connectivity index (χ3v) is 3.64. The Morgan fingerprint density at radius 3 is 1.90 bits per heavy atom. The lowest BCUT2D eigenvalue weighted by Crippen LogP contribution is -2.30. The van der Waals surface area contributed by atoms with Crippen LogP contribution in [0.4, 0.5) is 5.95 Å². The van der Waals surface area contributed by atoms with Gasteiger partial charge < -0.3 is 13.9 Å². The SMILES string of the molecule is Cc1nc(C(=O)NNc2nc(Oc3ccccc3)nc(Oc3ccccc3)n2)co1. The van der Waals surface area contributed by atoms with E-state index in [2.05, 4.69) is 30.8 Å². The van der Waals surface area contributed by atoms with Crippen LogP contribution in [-0.2, 0) is 0 Å². The van der Waals surface area contributed by atoms with Gasteiger partial charge in [0.2, 0.25) is 0 Å². The summed E-state index contributed by atoms with van der Waals surface area (Å²) in [7, 11) is 0. The lowest BCUT2D eigenvalue weighted by atomic mass is 10.3. The Balaban J connectivity index is 1.55. The lowest BCUT2D eigenvalue weighted by Gasteiger charge is -2.10. The van der Waals surface area contributed by atoms with E-state index in [-0.39, 0.29) is 23.7 Å². The van der Waals surface area contributed by atoms with Gasteiger partial charge in [-0.1, -0.05) is 36.4 Å². The number of amides is 1. The third kappa shape index (κ3) is 4.87. The van der Waals surface area contributed by atoms with E-state index in [1.54, 1.807) is 31.2 Å². The molecule has 150 valence electrons. The number of anilines is 1. The predicted molar refractivity (Wildman–Crippen MR) is 105 cm³/mol. The molecule has 0 aliphatic carbocycles. The minimum absolute atomic E-state index is 0.00966. The number of rotatable bonds is 7. The molecule has 0 bridgehead atoms. The number of hydrazine groups is 1. The smallest absolute Gasteiger partial charge is 0.330 e. The number of hydrogen-bond donors (Lipinski definition) is 2. The highest BCUT2D eigenvalue weighted by Crippen LogP contribution is 2.23. The molecule has 2 aromatic carbocycles. The minimum Gasteiger partial charge on any atom is -0.448 e. The van der Waals surface area contributed by atoms with E-state index in [0.717, 1.165) is 0 Å². The van der Waals surface area contributed by atoms with Gasteiger partial charge in [-0.2, -0.15) is 9.97 Å². The largest absolute Gasteiger partial charge is 0.448 e. The molecule has 10 heteroatoms. The number of para-hydroxylation sites is 2. The molecule has 10 nitrogen and oxygen atoms in total. The summed E-state index contributed by atoms with van der Waals surface area (Å²) in [6.45, 7) is 1.64. The van der Waals surface area contributed by atoms with Crippen LogP contribution in [0.2, 0.25) is 0 Å². The number of oxazole rings is 1. The normalized spacial score (nSPS) is 10.3. The fourth-order valence-electron chi connectivity index (χ4n) is 2.32. The Bertz CT molecular complexity index is 1070. The van der Waals surface area contributed by atoms with Crippen molar-refractivity contribution in [3.05, 3.63) is 78.5 Å². The zero-order valence-corrected chi connectivity index (χ0v) is 15.8. The molecule has 0 saturated carbocycles. The summed E-state index contributed by atoms with van der Waals surface area (Å²) in [6, 6.07) is 18.0. The maximum absolute atomic E-state index is 12.2. The molecule has 0 aliphatic heterocycles. The van der Waals surface area contributed by atoms with Crippen molar-refractivity contribution in [3.8, 4) is 23.5 Å². The molecule has 0 radical (unpaired) electrons. The van der Waals surface area contributed by atoms with Gasteiger partial charge in [-0.25, -0.2) is 4.98 Å². The predicted octanol–water partition coefficient (Wildman–Crippen LogP) is 3.51. The van der Waals surface area contributed by atoms with E-state index in [1.165, 1.54) is 6.26 Å². The Morgan fingerprint density at radius 2 is 1.40 bits per heavy atom. The van der Waals surface area contributed by atoms with E-state index in [0.29, 0.717) is 17.4 Å². The van der Waals surface area contributed by atoms with Gasteiger partial charge >= 0.3 is 12.0 Å². The van der Waals surface area contributed by atoms with Crippen LogP contribution in [-0.4, -0.2) is 25.8 Å². The molecule has 0 spiro atoms. The molecule has 2 heterocycles. The number of carbonyl (C=O) groups excluding carboxylic acids is 1. The summed E-state index contributed by atoms with van der Waals surface area (Å²) in [5.74, 6) is 0.918. The van der Waals surface area contributed by atoms with Crippen molar-refractivity contribution >= 4 is 11.9 Å². The number of hydrogen-bond acceptors (Lipinski definition) is 9. The molecule has 30 heavy (non-hydrogen) atoms. The van der Waals surface area contributed by atoms with E-state index < -0.39 is 5.91 Å². The van der Waals surface area contributed by atoms with Crippen molar-refractivity contribution in [3.63, 3.8) is 0 Å². The van der Waals surface area contributed by atoms with Crippen LogP contribution in [0.1, 0.15) is 16.4 Å². The molecule has 2 aromatic heterocycles. The first-order chi connectivity index (χ1) is 14.7. The van der Waals surface area contributed by atoms with Gasteiger partial charge in [0.25, 0.3) is 11.9 Å².